The van der Waals surface area contributed by atoms with Crippen molar-refractivity contribution in [2.45, 2.75) is 63.7 Å². The van der Waals surface area contributed by atoms with Crippen LogP contribution in [0.4, 0.5) is 11.4 Å². The first-order chi connectivity index (χ1) is 15.5. The van der Waals surface area contributed by atoms with Gasteiger partial charge in [-0.25, -0.2) is 0 Å². The maximum atomic E-state index is 12.8. The third-order valence-corrected chi connectivity index (χ3v) is 6.63. The maximum absolute atomic E-state index is 12.8. The molecule has 1 saturated heterocycles. The number of para-hydroxylation sites is 2. The van der Waals surface area contributed by atoms with Crippen molar-refractivity contribution in [2.24, 2.45) is 0 Å². The highest BCUT2D eigenvalue weighted by molar-refractivity contribution is 7.99. The van der Waals surface area contributed by atoms with Crippen LogP contribution in [-0.4, -0.2) is 57.9 Å². The largest absolute Gasteiger partial charge is 0.324 e. The number of aromatic nitrogens is 3. The molecule has 0 radical (unpaired) electrons. The summed E-state index contributed by atoms with van der Waals surface area (Å²) >= 11 is 1.40. The summed E-state index contributed by atoms with van der Waals surface area (Å²) in [6.07, 6.45) is 4.45. The minimum absolute atomic E-state index is 0.101. The van der Waals surface area contributed by atoms with E-state index < -0.39 is 0 Å². The molecule has 0 saturated carbocycles. The lowest BCUT2D eigenvalue weighted by Gasteiger charge is -2.23. The van der Waals surface area contributed by atoms with Gasteiger partial charge < -0.3 is 14.8 Å². The van der Waals surface area contributed by atoms with Gasteiger partial charge in [0.15, 0.2) is 11.0 Å². The molecule has 1 aromatic carbocycles. The van der Waals surface area contributed by atoms with Crippen LogP contribution in [0.3, 0.4) is 0 Å². The van der Waals surface area contributed by atoms with Crippen molar-refractivity contribution in [1.82, 2.24) is 19.7 Å². The molecule has 9 heteroatoms. The Bertz CT molecular complexity index is 929. The van der Waals surface area contributed by atoms with Crippen molar-refractivity contribution in [1.29, 1.82) is 0 Å². The SMILES string of the molecule is CCCCn1c(SCC(=O)Nc2ccccc2N2CCCC2=O)nnc1C(CC)N(C)C. The number of carbonyl (C=O) groups excluding carboxylic acids is 2. The number of carbonyl (C=O) groups is 2. The van der Waals surface area contributed by atoms with Crippen molar-refractivity contribution in [3.05, 3.63) is 30.1 Å². The molecule has 1 aliphatic heterocycles. The molecule has 2 aromatic rings. The zero-order valence-corrected chi connectivity index (χ0v) is 20.3. The highest BCUT2D eigenvalue weighted by atomic mass is 32.2. The fourth-order valence-electron chi connectivity index (χ4n) is 3.99. The predicted molar refractivity (Wildman–Crippen MR) is 129 cm³/mol. The molecule has 1 fully saturated rings. The van der Waals surface area contributed by atoms with Gasteiger partial charge in [0, 0.05) is 19.5 Å². The molecule has 2 amide bonds. The number of hydrogen-bond donors (Lipinski definition) is 1. The van der Waals surface area contributed by atoms with Crippen LogP contribution >= 0.6 is 11.8 Å². The van der Waals surface area contributed by atoms with Crippen LogP contribution < -0.4 is 10.2 Å². The summed E-state index contributed by atoms with van der Waals surface area (Å²) in [5.41, 5.74) is 1.43. The summed E-state index contributed by atoms with van der Waals surface area (Å²) in [4.78, 5) is 28.8. The Labute approximate surface area is 194 Å². The number of nitrogens with one attached hydrogen (secondary N) is 1. The quantitative estimate of drug-likeness (QED) is 0.514. The number of benzene rings is 1. The van der Waals surface area contributed by atoms with Gasteiger partial charge in [-0.2, -0.15) is 0 Å². The van der Waals surface area contributed by atoms with Gasteiger partial charge in [0.05, 0.1) is 23.2 Å². The minimum atomic E-state index is -0.125. The number of amides is 2. The Morgan fingerprint density at radius 3 is 2.69 bits per heavy atom. The second-order valence-electron chi connectivity index (χ2n) is 8.24. The van der Waals surface area contributed by atoms with Crippen LogP contribution in [0.2, 0.25) is 0 Å². The molecular formula is C23H34N6O2S. The van der Waals surface area contributed by atoms with E-state index in [1.165, 1.54) is 11.8 Å². The van der Waals surface area contributed by atoms with E-state index in [0.717, 1.165) is 48.9 Å². The van der Waals surface area contributed by atoms with Crippen molar-refractivity contribution in [3.8, 4) is 0 Å². The first-order valence-electron chi connectivity index (χ1n) is 11.4. The topological polar surface area (TPSA) is 83.4 Å². The number of rotatable bonds is 11. The van der Waals surface area contributed by atoms with Crippen LogP contribution in [0.5, 0.6) is 0 Å². The van der Waals surface area contributed by atoms with Crippen LogP contribution in [0.25, 0.3) is 0 Å². The predicted octanol–water partition coefficient (Wildman–Crippen LogP) is 3.95. The number of anilines is 2. The maximum Gasteiger partial charge on any atom is 0.234 e. The zero-order chi connectivity index (χ0) is 23.1. The van der Waals surface area contributed by atoms with Crippen molar-refractivity contribution in [3.63, 3.8) is 0 Å². The Hall–Kier alpha value is -2.39. The van der Waals surface area contributed by atoms with Crippen molar-refractivity contribution in [2.75, 3.05) is 36.6 Å². The van der Waals surface area contributed by atoms with Gasteiger partial charge in [0.25, 0.3) is 0 Å². The van der Waals surface area contributed by atoms with E-state index in [4.69, 9.17) is 0 Å². The Balaban J connectivity index is 1.70. The zero-order valence-electron chi connectivity index (χ0n) is 19.5. The molecule has 8 nitrogen and oxygen atoms in total. The molecule has 0 bridgehead atoms. The molecule has 2 heterocycles. The van der Waals surface area contributed by atoms with Crippen LogP contribution in [-0.2, 0) is 16.1 Å². The van der Waals surface area contributed by atoms with Crippen LogP contribution in [0, 0.1) is 0 Å². The molecular weight excluding hydrogens is 424 g/mol. The highest BCUT2D eigenvalue weighted by Gasteiger charge is 2.25. The van der Waals surface area contributed by atoms with Crippen molar-refractivity contribution < 1.29 is 9.59 Å². The first-order valence-corrected chi connectivity index (χ1v) is 12.4. The second-order valence-corrected chi connectivity index (χ2v) is 9.18. The first kappa shape index (κ1) is 24.3. The van der Waals surface area contributed by atoms with Gasteiger partial charge in [-0.05, 0) is 45.5 Å². The van der Waals surface area contributed by atoms with Crippen LogP contribution in [0.1, 0.15) is 57.8 Å². The Kier molecular flexibility index (Phi) is 8.69. The summed E-state index contributed by atoms with van der Waals surface area (Å²) in [5, 5.41) is 12.6. The molecule has 0 spiro atoms. The Morgan fingerprint density at radius 2 is 2.03 bits per heavy atom. The van der Waals surface area contributed by atoms with E-state index in [1.807, 2.05) is 24.3 Å². The molecule has 1 aromatic heterocycles. The fourth-order valence-corrected chi connectivity index (χ4v) is 4.76. The van der Waals surface area contributed by atoms with Gasteiger partial charge in [-0.3, -0.25) is 14.5 Å². The number of unbranched alkanes of at least 4 members (excludes halogenated alkanes) is 1. The minimum Gasteiger partial charge on any atom is -0.324 e. The molecule has 1 N–H and O–H groups in total. The number of nitrogens with zero attached hydrogens (tertiary/aromatic N) is 5. The average molecular weight is 459 g/mol. The van der Waals surface area contributed by atoms with Gasteiger partial charge in [-0.1, -0.05) is 44.2 Å². The molecule has 3 rings (SSSR count). The lowest BCUT2D eigenvalue weighted by molar-refractivity contribution is -0.117. The highest BCUT2D eigenvalue weighted by Crippen LogP contribution is 2.30. The van der Waals surface area contributed by atoms with Gasteiger partial charge in [0.2, 0.25) is 11.8 Å². The molecule has 1 unspecified atom stereocenters. The van der Waals surface area contributed by atoms with E-state index >= 15 is 0 Å². The summed E-state index contributed by atoms with van der Waals surface area (Å²) in [7, 11) is 4.10. The monoisotopic (exact) mass is 458 g/mol. The Morgan fingerprint density at radius 1 is 1.25 bits per heavy atom. The average Bonchev–Trinajstić information content (AvgIpc) is 3.37. The molecule has 0 aliphatic carbocycles. The molecule has 174 valence electrons. The number of hydrogen-bond acceptors (Lipinski definition) is 6. The van der Waals surface area contributed by atoms with E-state index in [1.54, 1.807) is 4.90 Å². The molecule has 1 aliphatic rings. The van der Waals surface area contributed by atoms with E-state index in [-0.39, 0.29) is 23.6 Å². The third kappa shape index (κ3) is 5.69. The number of thioether (sulfide) groups is 1. The summed E-state index contributed by atoms with van der Waals surface area (Å²) in [5.74, 6) is 1.15. The van der Waals surface area contributed by atoms with Crippen molar-refractivity contribution >= 4 is 35.0 Å². The normalized spacial score (nSPS) is 14.9. The fraction of sp³-hybridized carbons (Fsp3) is 0.565. The van der Waals surface area contributed by atoms with E-state index in [2.05, 4.69) is 52.9 Å². The lowest BCUT2D eigenvalue weighted by atomic mass is 10.2. The third-order valence-electron chi connectivity index (χ3n) is 5.66. The second kappa shape index (κ2) is 11.5. The lowest BCUT2D eigenvalue weighted by Crippen LogP contribution is -2.26. The molecule has 32 heavy (non-hydrogen) atoms. The van der Waals surface area contributed by atoms with Gasteiger partial charge >= 0.3 is 0 Å². The summed E-state index contributed by atoms with van der Waals surface area (Å²) in [6, 6.07) is 7.66. The standard InChI is InChI=1S/C23H34N6O2S/c1-5-7-14-29-22(18(6-2)27(3)4)25-26-23(29)32-16-20(30)24-17-11-8-9-12-19(17)28-15-10-13-21(28)31/h8-9,11-12,18H,5-7,10,13-16H2,1-4H3,(H,24,30). The van der Waals surface area contributed by atoms with E-state index in [0.29, 0.717) is 18.7 Å². The van der Waals surface area contributed by atoms with E-state index in [9.17, 15) is 9.59 Å². The summed E-state index contributed by atoms with van der Waals surface area (Å²) < 4.78 is 2.16. The van der Waals surface area contributed by atoms with Crippen LogP contribution in [0.15, 0.2) is 29.4 Å². The van der Waals surface area contributed by atoms with Gasteiger partial charge in [-0.15, -0.1) is 10.2 Å². The summed E-state index contributed by atoms with van der Waals surface area (Å²) in [6.45, 7) is 5.84. The molecule has 1 atom stereocenters. The van der Waals surface area contributed by atoms with Gasteiger partial charge in [0.1, 0.15) is 0 Å². The smallest absolute Gasteiger partial charge is 0.234 e.